The lowest BCUT2D eigenvalue weighted by molar-refractivity contribution is -0.149. The summed E-state index contributed by atoms with van der Waals surface area (Å²) in [5.41, 5.74) is 13.1. The minimum Gasteiger partial charge on any atom is -0.480 e. The zero-order valence-electron chi connectivity index (χ0n) is 12.2. The monoisotopic (exact) mass is 305 g/mol. The molecule has 1 aromatic carbocycles. The van der Waals surface area contributed by atoms with Gasteiger partial charge >= 0.3 is 11.9 Å². The lowest BCUT2D eigenvalue weighted by Crippen LogP contribution is -2.40. The van der Waals surface area contributed by atoms with Gasteiger partial charge in [0.25, 0.3) is 0 Å². The van der Waals surface area contributed by atoms with Crippen molar-refractivity contribution in [3.8, 4) is 0 Å². The van der Waals surface area contributed by atoms with Crippen LogP contribution in [0.25, 0.3) is 10.9 Å². The Kier molecular flexibility index (Phi) is 4.79. The molecule has 1 unspecified atom stereocenters. The summed E-state index contributed by atoms with van der Waals surface area (Å²) in [6.07, 6.45) is 2.23. The van der Waals surface area contributed by atoms with Crippen molar-refractivity contribution in [3.05, 3.63) is 36.0 Å². The van der Waals surface area contributed by atoms with E-state index in [0.717, 1.165) is 16.5 Å². The second-order valence-corrected chi connectivity index (χ2v) is 5.17. The van der Waals surface area contributed by atoms with Gasteiger partial charge in [0.15, 0.2) is 0 Å². The number of nitrogens with two attached hydrogens (primary N) is 2. The number of carboxylic acid groups (broad SMARTS) is 1. The smallest absolute Gasteiger partial charge is 0.324 e. The van der Waals surface area contributed by atoms with Crippen LogP contribution in [0.2, 0.25) is 0 Å². The van der Waals surface area contributed by atoms with Crippen LogP contribution in [0.3, 0.4) is 0 Å². The van der Waals surface area contributed by atoms with Crippen molar-refractivity contribution < 1.29 is 19.4 Å². The molecule has 0 aliphatic carbocycles. The number of ether oxygens (including phenoxy) is 1. The molecule has 0 spiro atoms. The Labute approximate surface area is 127 Å². The fraction of sp³-hybridized carbons (Fsp3) is 0.333. The van der Waals surface area contributed by atoms with Gasteiger partial charge in [0.05, 0.1) is 0 Å². The lowest BCUT2D eigenvalue weighted by atomic mass is 10.1. The number of hydrogen-bond acceptors (Lipinski definition) is 5. The normalized spacial score (nSPS) is 13.8. The number of aliphatic carboxylic acids is 1. The Morgan fingerprint density at radius 3 is 2.64 bits per heavy atom. The number of aromatic nitrogens is 1. The van der Waals surface area contributed by atoms with Gasteiger partial charge in [-0.25, -0.2) is 0 Å². The van der Waals surface area contributed by atoms with Gasteiger partial charge in [-0.05, 0) is 11.6 Å². The summed E-state index contributed by atoms with van der Waals surface area (Å²) in [4.78, 5) is 22.4. The fourth-order valence-corrected chi connectivity index (χ4v) is 2.26. The number of para-hydroxylation sites is 1. The van der Waals surface area contributed by atoms with E-state index in [4.69, 9.17) is 21.3 Å². The molecule has 0 bridgehead atoms. The van der Waals surface area contributed by atoms with Crippen LogP contribution in [0.5, 0.6) is 0 Å². The Bertz CT molecular complexity index is 695. The summed E-state index contributed by atoms with van der Waals surface area (Å²) in [7, 11) is 1.92. The molecule has 0 radical (unpaired) electrons. The Morgan fingerprint density at radius 2 is 1.95 bits per heavy atom. The van der Waals surface area contributed by atoms with Crippen LogP contribution in [0, 0.1) is 0 Å². The Hall–Kier alpha value is -2.38. The molecule has 2 atom stereocenters. The molecule has 0 aliphatic rings. The second-order valence-electron chi connectivity index (χ2n) is 5.17. The number of rotatable bonds is 6. The number of hydrogen-bond donors (Lipinski definition) is 3. The van der Waals surface area contributed by atoms with Gasteiger partial charge in [-0.15, -0.1) is 0 Å². The Balaban J connectivity index is 2.03. The van der Waals surface area contributed by atoms with Crippen molar-refractivity contribution >= 4 is 22.8 Å². The van der Waals surface area contributed by atoms with Crippen LogP contribution >= 0.6 is 0 Å². The molecule has 1 aromatic heterocycles. The van der Waals surface area contributed by atoms with Gasteiger partial charge < -0.3 is 25.9 Å². The summed E-state index contributed by atoms with van der Waals surface area (Å²) in [5.74, 6) is -1.89. The quantitative estimate of drug-likeness (QED) is 0.646. The number of aryl methyl sites for hydroxylation is 1. The van der Waals surface area contributed by atoms with Crippen LogP contribution in [0.15, 0.2) is 30.5 Å². The number of carbonyl (C=O) groups is 2. The summed E-state index contributed by atoms with van der Waals surface area (Å²) in [6, 6.07) is 5.69. The average molecular weight is 305 g/mol. The van der Waals surface area contributed by atoms with Crippen LogP contribution in [0.4, 0.5) is 0 Å². The van der Waals surface area contributed by atoms with Crippen molar-refractivity contribution in [2.24, 2.45) is 18.5 Å². The van der Waals surface area contributed by atoms with Crippen LogP contribution < -0.4 is 11.5 Å². The summed E-state index contributed by atoms with van der Waals surface area (Å²) in [6.45, 7) is -0.391. The van der Waals surface area contributed by atoms with Crippen molar-refractivity contribution in [1.29, 1.82) is 0 Å². The summed E-state index contributed by atoms with van der Waals surface area (Å²) in [5, 5.41) is 9.66. The molecule has 0 saturated heterocycles. The molecule has 22 heavy (non-hydrogen) atoms. The molecule has 7 nitrogen and oxygen atoms in total. The highest BCUT2D eigenvalue weighted by Crippen LogP contribution is 2.21. The number of nitrogens with zero attached hydrogens (tertiary/aromatic N) is 1. The maximum atomic E-state index is 11.8. The first-order valence-electron chi connectivity index (χ1n) is 6.83. The third-order valence-corrected chi connectivity index (χ3v) is 3.44. The van der Waals surface area contributed by atoms with Gasteiger partial charge in [0, 0.05) is 30.6 Å². The minimum atomic E-state index is -1.24. The largest absolute Gasteiger partial charge is 0.480 e. The molecule has 1 heterocycles. The lowest BCUT2D eigenvalue weighted by Gasteiger charge is -2.12. The van der Waals surface area contributed by atoms with Gasteiger partial charge in [-0.2, -0.15) is 0 Å². The van der Waals surface area contributed by atoms with Crippen molar-refractivity contribution in [2.45, 2.75) is 18.5 Å². The molecule has 0 aliphatic heterocycles. The number of fused-ring (bicyclic) bond motifs is 1. The summed E-state index contributed by atoms with van der Waals surface area (Å²) >= 11 is 0. The minimum absolute atomic E-state index is 0.308. The van der Waals surface area contributed by atoms with E-state index < -0.39 is 30.6 Å². The highest BCUT2D eigenvalue weighted by Gasteiger charge is 2.20. The third-order valence-electron chi connectivity index (χ3n) is 3.44. The van der Waals surface area contributed by atoms with Crippen LogP contribution in [-0.4, -0.2) is 40.3 Å². The number of carbonyl (C=O) groups excluding carboxylic acids is 1. The molecule has 2 rings (SSSR count). The first-order chi connectivity index (χ1) is 10.4. The standard InChI is InChI=1S/C15H19N3O4/c1-18-7-9(10-4-2-3-5-13(10)18)6-11(16)15(21)22-8-12(17)14(19)20/h2-5,7,11-12H,6,8,16-17H2,1H3,(H,19,20)/t11-,12?/m1/s1. The van der Waals surface area contributed by atoms with E-state index in [1.165, 1.54) is 0 Å². The van der Waals surface area contributed by atoms with Crippen molar-refractivity contribution in [1.82, 2.24) is 4.57 Å². The zero-order chi connectivity index (χ0) is 16.3. The maximum Gasteiger partial charge on any atom is 0.324 e. The highest BCUT2D eigenvalue weighted by molar-refractivity contribution is 5.85. The van der Waals surface area contributed by atoms with E-state index in [1.54, 1.807) is 0 Å². The molecule has 5 N–H and O–H groups in total. The molecule has 2 aromatic rings. The van der Waals surface area contributed by atoms with Crippen molar-refractivity contribution in [2.75, 3.05) is 6.61 Å². The molecular weight excluding hydrogens is 286 g/mol. The van der Waals surface area contributed by atoms with E-state index in [9.17, 15) is 9.59 Å². The first-order valence-corrected chi connectivity index (χ1v) is 6.83. The van der Waals surface area contributed by atoms with Gasteiger partial charge in [-0.1, -0.05) is 18.2 Å². The number of esters is 1. The third kappa shape index (κ3) is 3.44. The van der Waals surface area contributed by atoms with Gasteiger partial charge in [0.2, 0.25) is 0 Å². The molecular formula is C15H19N3O4. The molecule has 0 saturated carbocycles. The Morgan fingerprint density at radius 1 is 1.27 bits per heavy atom. The predicted molar refractivity (Wildman–Crippen MR) is 81.2 cm³/mol. The van der Waals surface area contributed by atoms with Gasteiger partial charge in [-0.3, -0.25) is 9.59 Å². The highest BCUT2D eigenvalue weighted by atomic mass is 16.5. The fourth-order valence-electron chi connectivity index (χ4n) is 2.26. The van der Waals surface area contributed by atoms with Crippen LogP contribution in [0.1, 0.15) is 5.56 Å². The maximum absolute atomic E-state index is 11.8. The van der Waals surface area contributed by atoms with E-state index in [2.05, 4.69) is 0 Å². The molecule has 7 heteroatoms. The summed E-state index contributed by atoms with van der Waals surface area (Å²) < 4.78 is 6.80. The van der Waals surface area contributed by atoms with Crippen molar-refractivity contribution in [3.63, 3.8) is 0 Å². The van der Waals surface area contributed by atoms with E-state index in [1.807, 2.05) is 42.1 Å². The predicted octanol–water partition coefficient (Wildman–Crippen LogP) is 0.00320. The van der Waals surface area contributed by atoms with E-state index >= 15 is 0 Å². The number of benzene rings is 1. The molecule has 0 fully saturated rings. The molecule has 118 valence electrons. The van der Waals surface area contributed by atoms with E-state index in [-0.39, 0.29) is 0 Å². The SMILES string of the molecule is Cn1cc(C[C@@H](N)C(=O)OCC(N)C(=O)O)c2ccccc21. The average Bonchev–Trinajstić information content (AvgIpc) is 2.81. The first kappa shape index (κ1) is 16.0. The topological polar surface area (TPSA) is 121 Å². The van der Waals surface area contributed by atoms with Crippen LogP contribution in [-0.2, 0) is 27.8 Å². The number of carboxylic acids is 1. The van der Waals surface area contributed by atoms with Gasteiger partial charge in [0.1, 0.15) is 18.7 Å². The zero-order valence-corrected chi connectivity index (χ0v) is 12.2. The van der Waals surface area contributed by atoms with E-state index in [0.29, 0.717) is 6.42 Å². The molecule has 0 amide bonds. The second kappa shape index (κ2) is 6.59.